The van der Waals surface area contributed by atoms with Crippen molar-refractivity contribution in [2.45, 2.75) is 56.8 Å². The van der Waals surface area contributed by atoms with E-state index in [1.807, 2.05) is 12.1 Å². The molecule has 9 heteroatoms. The van der Waals surface area contributed by atoms with Gasteiger partial charge in [0, 0.05) is 55.4 Å². The standard InChI is InChI=1S/C26H31FN4O4/c1-15(2)23-17-11-16(3-4-20(17)28-12-18(23)26(33)6-9-34-10-7-26)24-19(27)13-29-25(31-24)30-21-5-8-35-14-22(21)32/h3-4,11-13,15,21-22,32-33H,5-10,14H2,1-2H3,(H,29,30,31)/t21-,22-/m1/s1. The quantitative estimate of drug-likeness (QED) is 0.507. The highest BCUT2D eigenvalue weighted by atomic mass is 19.1. The Morgan fingerprint density at radius 3 is 2.66 bits per heavy atom. The van der Waals surface area contributed by atoms with E-state index in [1.54, 1.807) is 12.3 Å². The van der Waals surface area contributed by atoms with Crippen LogP contribution in [0, 0.1) is 5.82 Å². The molecule has 0 unspecified atom stereocenters. The van der Waals surface area contributed by atoms with Crippen LogP contribution in [0.2, 0.25) is 0 Å². The van der Waals surface area contributed by atoms with Crippen molar-refractivity contribution in [3.63, 3.8) is 0 Å². The van der Waals surface area contributed by atoms with Crippen molar-refractivity contribution in [3.8, 4) is 11.3 Å². The lowest BCUT2D eigenvalue weighted by molar-refractivity contribution is -0.0686. The Morgan fingerprint density at radius 1 is 1.11 bits per heavy atom. The van der Waals surface area contributed by atoms with Gasteiger partial charge in [0.2, 0.25) is 5.95 Å². The highest BCUT2D eigenvalue weighted by Gasteiger charge is 2.35. The third-order valence-electron chi connectivity index (χ3n) is 6.97. The molecule has 0 aliphatic carbocycles. The highest BCUT2D eigenvalue weighted by Crippen LogP contribution is 2.40. The number of hydrogen-bond donors (Lipinski definition) is 3. The number of aromatic nitrogens is 3. The van der Waals surface area contributed by atoms with Crippen molar-refractivity contribution in [2.24, 2.45) is 0 Å². The average molecular weight is 483 g/mol. The number of hydrogen-bond acceptors (Lipinski definition) is 8. The Bertz CT molecular complexity index is 1220. The van der Waals surface area contributed by atoms with E-state index >= 15 is 0 Å². The molecule has 0 radical (unpaired) electrons. The summed E-state index contributed by atoms with van der Waals surface area (Å²) < 4.78 is 25.7. The van der Waals surface area contributed by atoms with Gasteiger partial charge >= 0.3 is 0 Å². The second-order valence-corrected chi connectivity index (χ2v) is 9.69. The number of pyridine rings is 1. The Hall–Kier alpha value is -2.72. The van der Waals surface area contributed by atoms with Gasteiger partial charge in [-0.1, -0.05) is 19.9 Å². The molecule has 0 spiro atoms. The summed E-state index contributed by atoms with van der Waals surface area (Å²) in [4.78, 5) is 13.1. The molecule has 0 saturated carbocycles. The zero-order valence-corrected chi connectivity index (χ0v) is 20.0. The Kier molecular flexibility index (Phi) is 6.67. The van der Waals surface area contributed by atoms with E-state index in [2.05, 4.69) is 34.1 Å². The van der Waals surface area contributed by atoms with Crippen LogP contribution in [-0.2, 0) is 15.1 Å². The summed E-state index contributed by atoms with van der Waals surface area (Å²) >= 11 is 0. The van der Waals surface area contributed by atoms with E-state index in [0.717, 1.165) is 28.2 Å². The maximum atomic E-state index is 14.9. The molecule has 0 bridgehead atoms. The first-order chi connectivity index (χ1) is 16.9. The molecule has 2 aromatic heterocycles. The molecule has 35 heavy (non-hydrogen) atoms. The molecule has 5 rings (SSSR count). The predicted octanol–water partition coefficient (Wildman–Crippen LogP) is 3.51. The smallest absolute Gasteiger partial charge is 0.223 e. The van der Waals surface area contributed by atoms with Gasteiger partial charge in [0.15, 0.2) is 5.82 Å². The van der Waals surface area contributed by atoms with Crippen LogP contribution >= 0.6 is 0 Å². The Morgan fingerprint density at radius 2 is 1.91 bits per heavy atom. The molecular formula is C26H31FN4O4. The highest BCUT2D eigenvalue weighted by molar-refractivity contribution is 5.88. The van der Waals surface area contributed by atoms with Gasteiger partial charge in [-0.15, -0.1) is 0 Å². The number of nitrogens with zero attached hydrogens (tertiary/aromatic N) is 3. The van der Waals surface area contributed by atoms with Gasteiger partial charge in [-0.2, -0.15) is 0 Å². The van der Waals surface area contributed by atoms with Crippen LogP contribution in [-0.4, -0.2) is 63.7 Å². The first-order valence-electron chi connectivity index (χ1n) is 12.1. The number of anilines is 1. The van der Waals surface area contributed by atoms with E-state index in [-0.39, 0.29) is 30.2 Å². The monoisotopic (exact) mass is 482 g/mol. The molecule has 186 valence electrons. The van der Waals surface area contributed by atoms with Crippen LogP contribution in [0.15, 0.2) is 30.6 Å². The fourth-order valence-electron chi connectivity index (χ4n) is 5.03. The molecule has 8 nitrogen and oxygen atoms in total. The summed E-state index contributed by atoms with van der Waals surface area (Å²) in [6.07, 6.45) is 3.85. The SMILES string of the molecule is CC(C)c1c(C2(O)CCOCC2)cnc2ccc(-c3nc(N[C@@H]4CCOC[C@H]4O)ncc3F)cc12. The maximum Gasteiger partial charge on any atom is 0.223 e. The molecule has 2 fully saturated rings. The molecule has 3 aromatic rings. The Labute approximate surface area is 203 Å². The zero-order chi connectivity index (χ0) is 24.6. The third-order valence-corrected chi connectivity index (χ3v) is 6.97. The lowest BCUT2D eigenvalue weighted by atomic mass is 9.80. The van der Waals surface area contributed by atoms with Crippen molar-refractivity contribution < 1.29 is 24.1 Å². The van der Waals surface area contributed by atoms with Crippen LogP contribution in [0.5, 0.6) is 0 Å². The van der Waals surface area contributed by atoms with Crippen LogP contribution in [0.1, 0.15) is 50.2 Å². The number of nitrogens with one attached hydrogen (secondary N) is 1. The summed E-state index contributed by atoms with van der Waals surface area (Å²) in [5, 5.41) is 25.6. The first kappa shape index (κ1) is 24.0. The van der Waals surface area contributed by atoms with Crippen LogP contribution in [0.4, 0.5) is 10.3 Å². The summed E-state index contributed by atoms with van der Waals surface area (Å²) in [6, 6.07) is 5.27. The molecule has 2 atom stereocenters. The number of benzene rings is 1. The Balaban J connectivity index is 1.56. The van der Waals surface area contributed by atoms with Crippen molar-refractivity contribution in [1.82, 2.24) is 15.0 Å². The summed E-state index contributed by atoms with van der Waals surface area (Å²) in [5.74, 6) is -0.180. The lowest BCUT2D eigenvalue weighted by Gasteiger charge is -2.35. The average Bonchev–Trinajstić information content (AvgIpc) is 2.86. The number of ether oxygens (including phenoxy) is 2. The van der Waals surface area contributed by atoms with Crippen molar-refractivity contribution in [3.05, 3.63) is 47.5 Å². The second-order valence-electron chi connectivity index (χ2n) is 9.69. The van der Waals surface area contributed by atoms with Crippen LogP contribution < -0.4 is 5.32 Å². The van der Waals surface area contributed by atoms with Crippen LogP contribution in [0.25, 0.3) is 22.2 Å². The van der Waals surface area contributed by atoms with Gasteiger partial charge in [-0.25, -0.2) is 14.4 Å². The second kappa shape index (κ2) is 9.73. The van der Waals surface area contributed by atoms with Gasteiger partial charge in [-0.3, -0.25) is 4.98 Å². The van der Waals surface area contributed by atoms with E-state index in [1.165, 1.54) is 0 Å². The number of rotatable bonds is 5. The fourth-order valence-corrected chi connectivity index (χ4v) is 5.03. The molecule has 2 aliphatic heterocycles. The molecule has 2 aliphatic rings. The molecule has 1 aromatic carbocycles. The minimum atomic E-state index is -1.00. The van der Waals surface area contributed by atoms with Gasteiger partial charge in [0.05, 0.1) is 36.1 Å². The van der Waals surface area contributed by atoms with E-state index < -0.39 is 17.5 Å². The molecular weight excluding hydrogens is 451 g/mol. The number of fused-ring (bicyclic) bond motifs is 1. The third kappa shape index (κ3) is 4.73. The summed E-state index contributed by atoms with van der Waals surface area (Å²) in [6.45, 7) is 5.92. The summed E-state index contributed by atoms with van der Waals surface area (Å²) in [7, 11) is 0. The van der Waals surface area contributed by atoms with Gasteiger partial charge < -0.3 is 25.0 Å². The molecule has 3 N–H and O–H groups in total. The van der Waals surface area contributed by atoms with Crippen LogP contribution in [0.3, 0.4) is 0 Å². The molecule has 2 saturated heterocycles. The maximum absolute atomic E-state index is 14.9. The van der Waals surface area contributed by atoms with Gasteiger partial charge in [-0.05, 0) is 30.0 Å². The number of halogens is 1. The van der Waals surface area contributed by atoms with Gasteiger partial charge in [0.1, 0.15) is 5.69 Å². The fraction of sp³-hybridized carbons (Fsp3) is 0.500. The predicted molar refractivity (Wildman–Crippen MR) is 130 cm³/mol. The largest absolute Gasteiger partial charge is 0.389 e. The zero-order valence-electron chi connectivity index (χ0n) is 20.0. The minimum absolute atomic E-state index is 0.111. The topological polar surface area (TPSA) is 110 Å². The summed E-state index contributed by atoms with van der Waals surface area (Å²) in [5.41, 5.74) is 2.33. The first-order valence-corrected chi connectivity index (χ1v) is 12.1. The van der Waals surface area contributed by atoms with E-state index in [9.17, 15) is 14.6 Å². The van der Waals surface area contributed by atoms with Crippen molar-refractivity contribution >= 4 is 16.9 Å². The molecule has 4 heterocycles. The number of aliphatic hydroxyl groups is 2. The van der Waals surface area contributed by atoms with E-state index in [0.29, 0.717) is 44.6 Å². The minimum Gasteiger partial charge on any atom is -0.389 e. The lowest BCUT2D eigenvalue weighted by Crippen LogP contribution is -2.42. The normalized spacial score (nSPS) is 22.5. The molecule has 0 amide bonds. The van der Waals surface area contributed by atoms with Crippen molar-refractivity contribution in [1.29, 1.82) is 0 Å². The number of aliphatic hydroxyl groups excluding tert-OH is 1. The van der Waals surface area contributed by atoms with E-state index in [4.69, 9.17) is 9.47 Å². The van der Waals surface area contributed by atoms with Gasteiger partial charge in [0.25, 0.3) is 0 Å². The van der Waals surface area contributed by atoms with Crippen molar-refractivity contribution in [2.75, 3.05) is 31.7 Å².